The molecule has 0 spiro atoms. The minimum absolute atomic E-state index is 0.0774. The van der Waals surface area contributed by atoms with E-state index in [1.807, 2.05) is 24.3 Å². The molecule has 0 fully saturated rings. The first kappa shape index (κ1) is 11.2. The Morgan fingerprint density at radius 3 is 2.79 bits per heavy atom. The number of benzene rings is 1. The SMILES string of the molecule is O=[N+]([O-])CCCCc1cccc(Br)c1. The lowest BCUT2D eigenvalue weighted by Gasteiger charge is -1.99. The average molecular weight is 258 g/mol. The highest BCUT2D eigenvalue weighted by Gasteiger charge is 1.98. The summed E-state index contributed by atoms with van der Waals surface area (Å²) in [6, 6.07) is 8.04. The van der Waals surface area contributed by atoms with E-state index in [0.717, 1.165) is 17.3 Å². The molecule has 4 heteroatoms. The van der Waals surface area contributed by atoms with Crippen LogP contribution in [-0.2, 0) is 6.42 Å². The van der Waals surface area contributed by atoms with Crippen molar-refractivity contribution < 1.29 is 4.92 Å². The fourth-order valence-corrected chi connectivity index (χ4v) is 1.71. The van der Waals surface area contributed by atoms with Crippen molar-refractivity contribution in [2.24, 2.45) is 0 Å². The van der Waals surface area contributed by atoms with Gasteiger partial charge in [-0.15, -0.1) is 0 Å². The zero-order valence-corrected chi connectivity index (χ0v) is 9.37. The maximum Gasteiger partial charge on any atom is 0.203 e. The van der Waals surface area contributed by atoms with Gasteiger partial charge in [-0.2, -0.15) is 0 Å². The molecular formula is C10H12BrNO2. The summed E-state index contributed by atoms with van der Waals surface area (Å²) in [5.41, 5.74) is 1.22. The number of nitrogens with zero attached hydrogens (tertiary/aromatic N) is 1. The Bertz CT molecular complexity index is 315. The molecule has 0 aliphatic heterocycles. The van der Waals surface area contributed by atoms with Crippen molar-refractivity contribution >= 4 is 15.9 Å². The smallest absolute Gasteiger partial charge is 0.203 e. The van der Waals surface area contributed by atoms with E-state index in [1.54, 1.807) is 0 Å². The number of aryl methyl sites for hydroxylation is 1. The lowest BCUT2D eigenvalue weighted by Crippen LogP contribution is -2.00. The molecule has 0 amide bonds. The van der Waals surface area contributed by atoms with Crippen LogP contribution < -0.4 is 0 Å². The van der Waals surface area contributed by atoms with E-state index in [-0.39, 0.29) is 11.5 Å². The van der Waals surface area contributed by atoms with E-state index < -0.39 is 0 Å². The number of hydrogen-bond donors (Lipinski definition) is 0. The fraction of sp³-hybridized carbons (Fsp3) is 0.400. The number of hydrogen-bond acceptors (Lipinski definition) is 2. The molecule has 0 saturated heterocycles. The molecule has 0 bridgehead atoms. The summed E-state index contributed by atoms with van der Waals surface area (Å²) in [6.45, 7) is 0.0774. The highest BCUT2D eigenvalue weighted by Crippen LogP contribution is 2.13. The van der Waals surface area contributed by atoms with Crippen molar-refractivity contribution in [3.63, 3.8) is 0 Å². The van der Waals surface area contributed by atoms with Gasteiger partial charge in [0.1, 0.15) is 0 Å². The van der Waals surface area contributed by atoms with Crippen molar-refractivity contribution in [2.75, 3.05) is 6.54 Å². The summed E-state index contributed by atoms with van der Waals surface area (Å²) in [4.78, 5) is 9.80. The zero-order valence-electron chi connectivity index (χ0n) is 7.78. The van der Waals surface area contributed by atoms with Crippen LogP contribution in [-0.4, -0.2) is 11.5 Å². The molecule has 0 unspecified atom stereocenters. The van der Waals surface area contributed by atoms with E-state index >= 15 is 0 Å². The second-order valence-corrected chi connectivity index (χ2v) is 4.06. The van der Waals surface area contributed by atoms with Gasteiger partial charge in [0.05, 0.1) is 0 Å². The number of halogens is 1. The summed E-state index contributed by atoms with van der Waals surface area (Å²) in [7, 11) is 0. The van der Waals surface area contributed by atoms with Crippen molar-refractivity contribution in [1.82, 2.24) is 0 Å². The highest BCUT2D eigenvalue weighted by molar-refractivity contribution is 9.10. The number of unbranched alkanes of at least 4 members (excludes halogenated alkanes) is 1. The molecule has 0 N–H and O–H groups in total. The first-order chi connectivity index (χ1) is 6.68. The molecule has 14 heavy (non-hydrogen) atoms. The second kappa shape index (κ2) is 5.75. The van der Waals surface area contributed by atoms with Gasteiger partial charge in [-0.25, -0.2) is 0 Å². The molecule has 0 aliphatic rings. The largest absolute Gasteiger partial charge is 0.265 e. The number of nitro groups is 1. The molecule has 0 heterocycles. The predicted molar refractivity (Wildman–Crippen MR) is 58.9 cm³/mol. The maximum absolute atomic E-state index is 10.1. The zero-order chi connectivity index (χ0) is 10.4. The minimum atomic E-state index is -0.263. The van der Waals surface area contributed by atoms with E-state index in [1.165, 1.54) is 5.56 Å². The van der Waals surface area contributed by atoms with Crippen LogP contribution in [0.2, 0.25) is 0 Å². The maximum atomic E-state index is 10.1. The molecule has 1 aromatic carbocycles. The molecule has 0 radical (unpaired) electrons. The Kier molecular flexibility index (Phi) is 4.59. The first-order valence-corrected chi connectivity index (χ1v) is 5.34. The van der Waals surface area contributed by atoms with Crippen molar-refractivity contribution in [1.29, 1.82) is 0 Å². The van der Waals surface area contributed by atoms with Gasteiger partial charge in [0.15, 0.2) is 0 Å². The van der Waals surface area contributed by atoms with Crippen LogP contribution in [0.3, 0.4) is 0 Å². The van der Waals surface area contributed by atoms with Gasteiger partial charge in [0.25, 0.3) is 0 Å². The van der Waals surface area contributed by atoms with Gasteiger partial charge in [-0.1, -0.05) is 28.1 Å². The van der Waals surface area contributed by atoms with E-state index in [2.05, 4.69) is 15.9 Å². The molecular weight excluding hydrogens is 246 g/mol. The van der Waals surface area contributed by atoms with Gasteiger partial charge in [-0.3, -0.25) is 10.1 Å². The van der Waals surface area contributed by atoms with Crippen LogP contribution in [0.5, 0.6) is 0 Å². The van der Waals surface area contributed by atoms with Gasteiger partial charge in [-0.05, 0) is 30.5 Å². The van der Waals surface area contributed by atoms with Crippen LogP contribution in [0.15, 0.2) is 28.7 Å². The third kappa shape index (κ3) is 4.37. The van der Waals surface area contributed by atoms with Crippen LogP contribution in [0.25, 0.3) is 0 Å². The summed E-state index contributed by atoms with van der Waals surface area (Å²) < 4.78 is 1.06. The fourth-order valence-electron chi connectivity index (χ4n) is 1.26. The Balaban J connectivity index is 2.28. The van der Waals surface area contributed by atoms with E-state index in [4.69, 9.17) is 0 Å². The Morgan fingerprint density at radius 2 is 2.14 bits per heavy atom. The lowest BCUT2D eigenvalue weighted by atomic mass is 10.1. The Labute approximate surface area is 91.4 Å². The Morgan fingerprint density at radius 1 is 1.36 bits per heavy atom. The predicted octanol–water partition coefficient (Wildman–Crippen LogP) is 3.05. The van der Waals surface area contributed by atoms with E-state index in [0.29, 0.717) is 6.42 Å². The molecule has 1 rings (SSSR count). The van der Waals surface area contributed by atoms with Crippen LogP contribution in [0, 0.1) is 10.1 Å². The molecule has 0 atom stereocenters. The Hall–Kier alpha value is -0.900. The third-order valence-electron chi connectivity index (χ3n) is 1.95. The first-order valence-electron chi connectivity index (χ1n) is 4.55. The molecule has 76 valence electrons. The average Bonchev–Trinajstić information content (AvgIpc) is 2.12. The molecule has 0 aromatic heterocycles. The molecule has 0 aliphatic carbocycles. The van der Waals surface area contributed by atoms with Gasteiger partial charge < -0.3 is 0 Å². The third-order valence-corrected chi connectivity index (χ3v) is 2.44. The summed E-state index contributed by atoms with van der Waals surface area (Å²) in [5.74, 6) is 0. The number of rotatable bonds is 5. The van der Waals surface area contributed by atoms with Gasteiger partial charge >= 0.3 is 0 Å². The van der Waals surface area contributed by atoms with E-state index in [9.17, 15) is 10.1 Å². The standard InChI is InChI=1S/C10H12BrNO2/c11-10-6-3-5-9(8-10)4-1-2-7-12(13)14/h3,5-6,8H,1-2,4,7H2. The highest BCUT2D eigenvalue weighted by atomic mass is 79.9. The van der Waals surface area contributed by atoms with Crippen molar-refractivity contribution in [2.45, 2.75) is 19.3 Å². The molecule has 1 aromatic rings. The topological polar surface area (TPSA) is 43.1 Å². The summed E-state index contributed by atoms with van der Waals surface area (Å²) in [6.07, 6.45) is 2.43. The second-order valence-electron chi connectivity index (χ2n) is 3.14. The van der Waals surface area contributed by atoms with Crippen LogP contribution in [0.1, 0.15) is 18.4 Å². The van der Waals surface area contributed by atoms with Gasteiger partial charge in [0, 0.05) is 15.8 Å². The summed E-state index contributed by atoms with van der Waals surface area (Å²) >= 11 is 3.39. The molecule has 3 nitrogen and oxygen atoms in total. The van der Waals surface area contributed by atoms with Crippen molar-refractivity contribution in [3.05, 3.63) is 44.4 Å². The quantitative estimate of drug-likeness (QED) is 0.462. The van der Waals surface area contributed by atoms with Gasteiger partial charge in [0.2, 0.25) is 6.54 Å². The van der Waals surface area contributed by atoms with Crippen molar-refractivity contribution in [3.8, 4) is 0 Å². The molecule has 0 saturated carbocycles. The normalized spacial score (nSPS) is 10.1. The minimum Gasteiger partial charge on any atom is -0.265 e. The lowest BCUT2D eigenvalue weighted by molar-refractivity contribution is -0.480. The van der Waals surface area contributed by atoms with Crippen LogP contribution in [0.4, 0.5) is 0 Å². The monoisotopic (exact) mass is 257 g/mol. The summed E-state index contributed by atoms with van der Waals surface area (Å²) in [5, 5.41) is 10.1. The van der Waals surface area contributed by atoms with Crippen LogP contribution >= 0.6 is 15.9 Å².